The highest BCUT2D eigenvalue weighted by molar-refractivity contribution is 6.02. The summed E-state index contributed by atoms with van der Waals surface area (Å²) in [5, 5.41) is 0. The molecule has 0 fully saturated rings. The lowest BCUT2D eigenvalue weighted by Crippen LogP contribution is -2.15. The van der Waals surface area contributed by atoms with Crippen molar-refractivity contribution < 1.29 is 14.3 Å². The van der Waals surface area contributed by atoms with E-state index in [1.807, 2.05) is 25.1 Å². The fraction of sp³-hybridized carbons (Fsp3) is 0.450. The summed E-state index contributed by atoms with van der Waals surface area (Å²) in [6.07, 6.45) is 3.01. The van der Waals surface area contributed by atoms with Crippen LogP contribution in [0.4, 0.5) is 0 Å². The Morgan fingerprint density at radius 3 is 2.56 bits per heavy atom. The van der Waals surface area contributed by atoms with Crippen LogP contribution in [0.1, 0.15) is 48.4 Å². The highest BCUT2D eigenvalue weighted by Crippen LogP contribution is 2.39. The summed E-state index contributed by atoms with van der Waals surface area (Å²) in [6, 6.07) is 5.85. The molecule has 0 radical (unpaired) electrons. The maximum atomic E-state index is 12.2. The Labute approximate surface area is 148 Å². The van der Waals surface area contributed by atoms with Gasteiger partial charge in [-0.05, 0) is 37.5 Å². The molecule has 1 aliphatic heterocycles. The molecule has 0 saturated carbocycles. The molecule has 1 aromatic carbocycles. The molecule has 0 unspecified atom stereocenters. The van der Waals surface area contributed by atoms with Crippen LogP contribution in [0.2, 0.25) is 0 Å². The lowest BCUT2D eigenvalue weighted by molar-refractivity contribution is 0.1000. The second-order valence-corrected chi connectivity index (χ2v) is 6.36. The van der Waals surface area contributed by atoms with Crippen LogP contribution in [-0.4, -0.2) is 23.7 Å². The molecular formula is C20H26N2O3. The molecule has 2 N–H and O–H groups in total. The molecule has 5 heteroatoms. The molecule has 0 atom stereocenters. The maximum absolute atomic E-state index is 12.2. The van der Waals surface area contributed by atoms with Crippen LogP contribution < -0.4 is 15.2 Å². The van der Waals surface area contributed by atoms with Crippen LogP contribution in [0.3, 0.4) is 0 Å². The molecule has 0 saturated heterocycles. The SMILES string of the molecule is CCCCn1c(C)c(C(N)=O)c(-c2ccc3c(c2)OCCO3)c1CC. The minimum Gasteiger partial charge on any atom is -0.486 e. The zero-order chi connectivity index (χ0) is 18.0. The van der Waals surface area contributed by atoms with Crippen LogP contribution in [0.5, 0.6) is 11.5 Å². The van der Waals surface area contributed by atoms with E-state index in [9.17, 15) is 4.79 Å². The molecule has 0 spiro atoms. The molecule has 2 aromatic rings. The van der Waals surface area contributed by atoms with E-state index in [2.05, 4.69) is 18.4 Å². The largest absolute Gasteiger partial charge is 0.486 e. The van der Waals surface area contributed by atoms with E-state index >= 15 is 0 Å². The minimum atomic E-state index is -0.382. The van der Waals surface area contributed by atoms with Gasteiger partial charge >= 0.3 is 0 Å². The zero-order valence-electron chi connectivity index (χ0n) is 15.2. The van der Waals surface area contributed by atoms with Crippen molar-refractivity contribution in [1.29, 1.82) is 0 Å². The number of hydrogen-bond donors (Lipinski definition) is 1. The third-order valence-corrected chi connectivity index (χ3v) is 4.78. The Balaban J connectivity index is 2.18. The Bertz CT molecular complexity index is 793. The predicted octanol–water partition coefficient (Wildman–Crippen LogP) is 3.70. The van der Waals surface area contributed by atoms with Crippen molar-refractivity contribution in [3.63, 3.8) is 0 Å². The van der Waals surface area contributed by atoms with E-state index in [4.69, 9.17) is 15.2 Å². The number of hydrogen-bond acceptors (Lipinski definition) is 3. The van der Waals surface area contributed by atoms with Crippen LogP contribution in [-0.2, 0) is 13.0 Å². The fourth-order valence-corrected chi connectivity index (χ4v) is 3.60. The van der Waals surface area contributed by atoms with E-state index in [0.29, 0.717) is 18.8 Å². The molecule has 3 rings (SSSR count). The highest BCUT2D eigenvalue weighted by atomic mass is 16.6. The second-order valence-electron chi connectivity index (χ2n) is 6.36. The lowest BCUT2D eigenvalue weighted by Gasteiger charge is -2.19. The summed E-state index contributed by atoms with van der Waals surface area (Å²) in [5.74, 6) is 1.09. The summed E-state index contributed by atoms with van der Waals surface area (Å²) < 4.78 is 13.6. The van der Waals surface area contributed by atoms with E-state index in [-0.39, 0.29) is 5.91 Å². The summed E-state index contributed by atoms with van der Waals surface area (Å²) in [6.45, 7) is 8.26. The molecule has 0 aliphatic carbocycles. The number of carbonyl (C=O) groups excluding carboxylic acids is 1. The number of ether oxygens (including phenoxy) is 2. The number of fused-ring (bicyclic) bond motifs is 1. The number of aromatic nitrogens is 1. The first-order valence-electron chi connectivity index (χ1n) is 9.00. The quantitative estimate of drug-likeness (QED) is 0.870. The van der Waals surface area contributed by atoms with Crippen LogP contribution in [0, 0.1) is 6.92 Å². The van der Waals surface area contributed by atoms with Crippen LogP contribution in [0.25, 0.3) is 11.1 Å². The number of nitrogens with two attached hydrogens (primary N) is 1. The number of nitrogens with zero attached hydrogens (tertiary/aromatic N) is 1. The number of amides is 1. The number of primary amides is 1. The molecule has 1 aromatic heterocycles. The van der Waals surface area contributed by atoms with Gasteiger partial charge < -0.3 is 19.8 Å². The standard InChI is InChI=1S/C20H26N2O3/c1-4-6-9-22-13(3)18(20(21)23)19(15(22)5-2)14-7-8-16-17(12-14)25-11-10-24-16/h7-8,12H,4-6,9-11H2,1-3H3,(H2,21,23). The Morgan fingerprint density at radius 2 is 1.92 bits per heavy atom. The van der Waals surface area contributed by atoms with Crippen molar-refractivity contribution in [2.45, 2.75) is 46.6 Å². The van der Waals surface area contributed by atoms with Gasteiger partial charge in [-0.3, -0.25) is 4.79 Å². The van der Waals surface area contributed by atoms with Gasteiger partial charge in [0.1, 0.15) is 13.2 Å². The topological polar surface area (TPSA) is 66.5 Å². The van der Waals surface area contributed by atoms with Crippen molar-refractivity contribution in [3.8, 4) is 22.6 Å². The molecule has 1 amide bonds. The summed E-state index contributed by atoms with van der Waals surface area (Å²) in [7, 11) is 0. The van der Waals surface area contributed by atoms with Crippen molar-refractivity contribution in [2.24, 2.45) is 5.73 Å². The van der Waals surface area contributed by atoms with Gasteiger partial charge in [-0.25, -0.2) is 0 Å². The third kappa shape index (κ3) is 3.11. The molecule has 25 heavy (non-hydrogen) atoms. The first-order valence-corrected chi connectivity index (χ1v) is 9.00. The van der Waals surface area contributed by atoms with Gasteiger partial charge in [-0.2, -0.15) is 0 Å². The summed E-state index contributed by atoms with van der Waals surface area (Å²) in [4.78, 5) is 12.2. The lowest BCUT2D eigenvalue weighted by atomic mass is 9.98. The highest BCUT2D eigenvalue weighted by Gasteiger charge is 2.25. The zero-order valence-corrected chi connectivity index (χ0v) is 15.2. The van der Waals surface area contributed by atoms with Crippen LogP contribution in [0.15, 0.2) is 18.2 Å². The average molecular weight is 342 g/mol. The summed E-state index contributed by atoms with van der Waals surface area (Å²) in [5.41, 5.74) is 10.3. The van der Waals surface area contributed by atoms with Gasteiger partial charge in [0.2, 0.25) is 0 Å². The first kappa shape index (κ1) is 17.4. The number of unbranched alkanes of at least 4 members (excludes halogenated alkanes) is 1. The molecular weight excluding hydrogens is 316 g/mol. The van der Waals surface area contributed by atoms with Crippen molar-refractivity contribution in [2.75, 3.05) is 13.2 Å². The smallest absolute Gasteiger partial charge is 0.251 e. The van der Waals surface area contributed by atoms with Crippen molar-refractivity contribution >= 4 is 5.91 Å². The minimum absolute atomic E-state index is 0.382. The number of rotatable bonds is 6. The molecule has 5 nitrogen and oxygen atoms in total. The first-order chi connectivity index (χ1) is 12.1. The van der Waals surface area contributed by atoms with Gasteiger partial charge in [-0.1, -0.05) is 26.3 Å². The van der Waals surface area contributed by atoms with Gasteiger partial charge in [0.05, 0.1) is 5.56 Å². The number of carbonyl (C=O) groups is 1. The predicted molar refractivity (Wildman–Crippen MR) is 98.4 cm³/mol. The van der Waals surface area contributed by atoms with E-state index in [1.165, 1.54) is 0 Å². The van der Waals surface area contributed by atoms with Crippen molar-refractivity contribution in [3.05, 3.63) is 35.2 Å². The molecule has 134 valence electrons. The maximum Gasteiger partial charge on any atom is 0.251 e. The third-order valence-electron chi connectivity index (χ3n) is 4.78. The van der Waals surface area contributed by atoms with Gasteiger partial charge in [-0.15, -0.1) is 0 Å². The average Bonchev–Trinajstić information content (AvgIpc) is 2.91. The van der Waals surface area contributed by atoms with Gasteiger partial charge in [0.15, 0.2) is 11.5 Å². The fourth-order valence-electron chi connectivity index (χ4n) is 3.60. The molecule has 1 aliphatic rings. The van der Waals surface area contributed by atoms with Crippen molar-refractivity contribution in [1.82, 2.24) is 4.57 Å². The van der Waals surface area contributed by atoms with E-state index in [0.717, 1.165) is 59.8 Å². The molecule has 2 heterocycles. The van der Waals surface area contributed by atoms with Gasteiger partial charge in [0.25, 0.3) is 5.91 Å². The Hall–Kier alpha value is -2.43. The van der Waals surface area contributed by atoms with E-state index < -0.39 is 0 Å². The van der Waals surface area contributed by atoms with Crippen LogP contribution >= 0.6 is 0 Å². The molecule has 0 bridgehead atoms. The van der Waals surface area contributed by atoms with E-state index in [1.54, 1.807) is 0 Å². The Morgan fingerprint density at radius 1 is 1.20 bits per heavy atom. The number of benzene rings is 1. The van der Waals surface area contributed by atoms with Gasteiger partial charge in [0, 0.05) is 23.5 Å². The summed E-state index contributed by atoms with van der Waals surface area (Å²) >= 11 is 0. The Kier molecular flexibility index (Phi) is 5.02. The normalized spacial score (nSPS) is 13.1. The second kappa shape index (κ2) is 7.21. The monoisotopic (exact) mass is 342 g/mol.